The summed E-state index contributed by atoms with van der Waals surface area (Å²) in [6, 6.07) is 0. The maximum Gasteiger partial charge on any atom is 0.262 e. The van der Waals surface area contributed by atoms with Gasteiger partial charge < -0.3 is 4.98 Å². The van der Waals surface area contributed by atoms with E-state index in [4.69, 9.17) is 12.2 Å². The van der Waals surface area contributed by atoms with Crippen molar-refractivity contribution >= 4 is 24.4 Å². The largest absolute Gasteiger partial charge is 0.332 e. The van der Waals surface area contributed by atoms with E-state index in [-0.39, 0.29) is 5.56 Å². The van der Waals surface area contributed by atoms with Crippen LogP contribution in [0.1, 0.15) is 20.8 Å². The normalized spacial score (nSPS) is 14.4. The Labute approximate surface area is 136 Å². The van der Waals surface area contributed by atoms with Crippen LogP contribution in [0.2, 0.25) is 0 Å². The molecule has 1 aromatic rings. The zero-order valence-electron chi connectivity index (χ0n) is 13.3. The van der Waals surface area contributed by atoms with Gasteiger partial charge in [-0.05, 0) is 44.6 Å². The van der Waals surface area contributed by atoms with Gasteiger partial charge in [0, 0.05) is 5.35 Å². The summed E-state index contributed by atoms with van der Waals surface area (Å²) in [6.07, 6.45) is 14.9. The summed E-state index contributed by atoms with van der Waals surface area (Å²) in [5.41, 5.74) is 0.882. The van der Waals surface area contributed by atoms with Crippen molar-refractivity contribution in [1.29, 1.82) is 0 Å². The van der Waals surface area contributed by atoms with Gasteiger partial charge in [0.15, 0.2) is 4.77 Å². The van der Waals surface area contributed by atoms with Gasteiger partial charge in [0.1, 0.15) is 0 Å². The number of rotatable bonds is 5. The summed E-state index contributed by atoms with van der Waals surface area (Å²) in [6.45, 7) is 9.84. The minimum atomic E-state index is -0.118. The predicted octanol–water partition coefficient (Wildman–Crippen LogP) is 2.75. The molecule has 3 nitrogen and oxygen atoms in total. The van der Waals surface area contributed by atoms with Crippen LogP contribution in [0.3, 0.4) is 0 Å². The molecule has 0 bridgehead atoms. The molecule has 0 saturated carbocycles. The third kappa shape index (κ3) is 4.40. The Bertz CT molecular complexity index is 849. The van der Waals surface area contributed by atoms with Crippen LogP contribution in [0.5, 0.6) is 0 Å². The Morgan fingerprint density at radius 2 is 2.05 bits per heavy atom. The fraction of sp³-hybridized carbons (Fsp3) is 0.222. The fourth-order valence-electron chi connectivity index (χ4n) is 2.03. The van der Waals surface area contributed by atoms with Gasteiger partial charge in [0.25, 0.3) is 5.56 Å². The van der Waals surface area contributed by atoms with Gasteiger partial charge in [-0.2, -0.15) is 0 Å². The average Bonchev–Trinajstić information content (AvgIpc) is 2.51. The quantitative estimate of drug-likeness (QED) is 0.670. The number of aromatic nitrogens is 2. The smallest absolute Gasteiger partial charge is 0.262 e. The molecule has 0 radical (unpaired) electrons. The van der Waals surface area contributed by atoms with E-state index in [0.717, 1.165) is 10.9 Å². The molecule has 1 aromatic heterocycles. The van der Waals surface area contributed by atoms with Crippen molar-refractivity contribution in [3.05, 3.63) is 74.3 Å². The van der Waals surface area contributed by atoms with E-state index in [1.807, 2.05) is 57.2 Å². The minimum absolute atomic E-state index is 0.118. The van der Waals surface area contributed by atoms with Crippen molar-refractivity contribution in [1.82, 2.24) is 9.55 Å². The molecule has 0 amide bonds. The summed E-state index contributed by atoms with van der Waals surface area (Å²) in [7, 11) is 0. The van der Waals surface area contributed by atoms with Gasteiger partial charge in [-0.15, -0.1) is 0 Å². The first-order valence-corrected chi connectivity index (χ1v) is 7.56. The molecule has 0 saturated heterocycles. The van der Waals surface area contributed by atoms with E-state index in [0.29, 0.717) is 16.5 Å². The van der Waals surface area contributed by atoms with Crippen LogP contribution in [-0.2, 0) is 6.54 Å². The first kappa shape index (κ1) is 17.9. The lowest BCUT2D eigenvalue weighted by Gasteiger charge is -2.07. The summed E-state index contributed by atoms with van der Waals surface area (Å²) in [5.74, 6) is 0. The zero-order chi connectivity index (χ0) is 16.5. The van der Waals surface area contributed by atoms with Gasteiger partial charge >= 0.3 is 0 Å². The Kier molecular flexibility index (Phi) is 7.26. The number of nitrogens with zero attached hydrogens (tertiary/aromatic N) is 1. The van der Waals surface area contributed by atoms with Crippen LogP contribution in [-0.4, -0.2) is 9.55 Å². The molecule has 0 aliphatic heterocycles. The number of allylic oxidation sites excluding steroid dienone is 7. The van der Waals surface area contributed by atoms with E-state index in [9.17, 15) is 4.79 Å². The van der Waals surface area contributed by atoms with Gasteiger partial charge in [-0.1, -0.05) is 49.1 Å². The lowest BCUT2D eigenvalue weighted by molar-refractivity contribution is 0.708. The highest BCUT2D eigenvalue weighted by Crippen LogP contribution is 2.01. The summed E-state index contributed by atoms with van der Waals surface area (Å²) in [4.78, 5) is 15.8. The van der Waals surface area contributed by atoms with Crippen LogP contribution >= 0.6 is 12.2 Å². The Morgan fingerprint density at radius 1 is 1.32 bits per heavy atom. The highest BCUT2D eigenvalue weighted by atomic mass is 32.1. The monoisotopic (exact) mass is 314 g/mol. The van der Waals surface area contributed by atoms with Gasteiger partial charge in [-0.3, -0.25) is 9.36 Å². The number of hydrogen-bond donors (Lipinski definition) is 1. The van der Waals surface area contributed by atoms with E-state index in [2.05, 4.69) is 11.6 Å². The fourth-order valence-corrected chi connectivity index (χ4v) is 2.29. The van der Waals surface area contributed by atoms with Crippen molar-refractivity contribution in [2.24, 2.45) is 0 Å². The van der Waals surface area contributed by atoms with E-state index >= 15 is 0 Å². The molecule has 0 fully saturated rings. The molecule has 0 aliphatic carbocycles. The zero-order valence-corrected chi connectivity index (χ0v) is 14.1. The van der Waals surface area contributed by atoms with Crippen LogP contribution in [0, 0.1) is 4.77 Å². The molecular weight excluding hydrogens is 292 g/mol. The van der Waals surface area contributed by atoms with Crippen molar-refractivity contribution in [3.8, 4) is 0 Å². The molecular formula is C18H22N2OS. The van der Waals surface area contributed by atoms with Crippen LogP contribution in [0.15, 0.2) is 53.4 Å². The molecule has 1 heterocycles. The first-order valence-electron chi connectivity index (χ1n) is 7.15. The topological polar surface area (TPSA) is 37.8 Å². The van der Waals surface area contributed by atoms with Crippen LogP contribution in [0.4, 0.5) is 0 Å². The molecule has 0 spiro atoms. The molecule has 4 heteroatoms. The molecule has 116 valence electrons. The van der Waals surface area contributed by atoms with Gasteiger partial charge in [-0.25, -0.2) is 0 Å². The first-order chi connectivity index (χ1) is 10.6. The van der Waals surface area contributed by atoms with Crippen molar-refractivity contribution < 1.29 is 0 Å². The predicted molar refractivity (Wildman–Crippen MR) is 97.6 cm³/mol. The molecule has 0 aromatic carbocycles. The summed E-state index contributed by atoms with van der Waals surface area (Å²) < 4.78 is 1.97. The van der Waals surface area contributed by atoms with Gasteiger partial charge in [0.05, 0.1) is 11.8 Å². The Balaban J connectivity index is 3.60. The lowest BCUT2D eigenvalue weighted by atomic mass is 10.2. The molecule has 0 atom stereocenters. The molecule has 22 heavy (non-hydrogen) atoms. The number of aromatic amines is 1. The third-order valence-corrected chi connectivity index (χ3v) is 3.37. The van der Waals surface area contributed by atoms with E-state index < -0.39 is 0 Å². The van der Waals surface area contributed by atoms with E-state index in [1.54, 1.807) is 16.7 Å². The summed E-state index contributed by atoms with van der Waals surface area (Å²) in [5, 5.41) is 1.29. The number of hydrogen-bond acceptors (Lipinski definition) is 2. The highest BCUT2D eigenvalue weighted by molar-refractivity contribution is 7.71. The maximum atomic E-state index is 12.7. The molecule has 0 unspecified atom stereocenters. The third-order valence-electron chi connectivity index (χ3n) is 3.05. The second-order valence-corrected chi connectivity index (χ2v) is 4.99. The maximum absolute atomic E-state index is 12.7. The van der Waals surface area contributed by atoms with Crippen molar-refractivity contribution in [2.45, 2.75) is 27.3 Å². The van der Waals surface area contributed by atoms with Crippen LogP contribution in [0.25, 0.3) is 12.2 Å². The standard InChI is InChI=1S/C18H22N2OS/c1-5-9-12-14(10-6-2)13-20-17(21)15(11-7-3)16(8-4)19-18(20)22/h5-12H,3,13H2,1-2,4H3,(H,19,22)/b9-5-,10-6-,14-12+,15-11+,16-8+. The lowest BCUT2D eigenvalue weighted by Crippen LogP contribution is -2.47. The van der Waals surface area contributed by atoms with Crippen molar-refractivity contribution in [3.63, 3.8) is 0 Å². The highest BCUT2D eigenvalue weighted by Gasteiger charge is 2.03. The van der Waals surface area contributed by atoms with Crippen LogP contribution < -0.4 is 16.1 Å². The molecule has 1 rings (SSSR count). The molecule has 1 N–H and O–H groups in total. The average molecular weight is 314 g/mol. The van der Waals surface area contributed by atoms with Crippen molar-refractivity contribution in [2.75, 3.05) is 0 Å². The Morgan fingerprint density at radius 3 is 2.59 bits per heavy atom. The SMILES string of the molecule is C=C/C=c1/c(=O)n(CC(/C=C\C)=C/C=C\C)c(=S)[nH]/c1=C/C. The second-order valence-electron chi connectivity index (χ2n) is 4.61. The van der Waals surface area contributed by atoms with E-state index in [1.165, 1.54) is 0 Å². The van der Waals surface area contributed by atoms with Gasteiger partial charge in [0.2, 0.25) is 0 Å². The minimum Gasteiger partial charge on any atom is -0.332 e. The molecule has 0 aliphatic rings. The number of H-pyrrole nitrogens is 1. The summed E-state index contributed by atoms with van der Waals surface area (Å²) >= 11 is 5.33. The second kappa shape index (κ2) is 8.95. The Hall–Kier alpha value is -2.20. The number of nitrogens with one attached hydrogen (secondary N) is 1.